The van der Waals surface area contributed by atoms with E-state index in [1.165, 1.54) is 6.92 Å². The summed E-state index contributed by atoms with van der Waals surface area (Å²) in [7, 11) is 0. The number of Topliss-reactive ketones (excluding diaryl/α,β-unsaturated/α-hetero) is 1. The average molecular weight is 403 g/mol. The molecule has 8 atom stereocenters. The summed E-state index contributed by atoms with van der Waals surface area (Å²) in [6.07, 6.45) is 5.83. The van der Waals surface area contributed by atoms with Gasteiger partial charge in [0, 0.05) is 13.3 Å². The SMILES string of the molecule is CC(=O)O[C@@H]1C[C@H]2[C@@H]3C[C@](C)(O)C4=CC(=O)CC[C@]4(C)[C@H]3CC[C@]2(C)[C@H]1C(C)=O. The van der Waals surface area contributed by atoms with Crippen molar-refractivity contribution in [3.63, 3.8) is 0 Å². The van der Waals surface area contributed by atoms with Crippen LogP contribution in [-0.4, -0.2) is 34.3 Å². The second-order valence-electron chi connectivity index (χ2n) is 10.8. The normalized spacial score (nSPS) is 48.8. The Morgan fingerprint density at radius 1 is 1.14 bits per heavy atom. The molecule has 0 unspecified atom stereocenters. The van der Waals surface area contributed by atoms with Crippen LogP contribution in [0.4, 0.5) is 0 Å². The van der Waals surface area contributed by atoms with Crippen LogP contribution in [0.2, 0.25) is 0 Å². The maximum absolute atomic E-state index is 12.6. The van der Waals surface area contributed by atoms with Gasteiger partial charge in [-0.25, -0.2) is 0 Å². The van der Waals surface area contributed by atoms with Gasteiger partial charge in [0.05, 0.1) is 11.5 Å². The first-order valence-electron chi connectivity index (χ1n) is 11.1. The second-order valence-corrected chi connectivity index (χ2v) is 10.8. The molecule has 4 aliphatic carbocycles. The number of rotatable bonds is 2. The predicted molar refractivity (Wildman–Crippen MR) is 108 cm³/mol. The van der Waals surface area contributed by atoms with Crippen molar-refractivity contribution < 1.29 is 24.2 Å². The number of carbonyl (C=O) groups excluding carboxylic acids is 3. The molecule has 0 aromatic heterocycles. The lowest BCUT2D eigenvalue weighted by molar-refractivity contribution is -0.151. The Kier molecular flexibility index (Phi) is 4.66. The number of aliphatic hydroxyl groups is 1. The Hall–Kier alpha value is -1.49. The zero-order chi connectivity index (χ0) is 21.4. The van der Waals surface area contributed by atoms with E-state index in [1.54, 1.807) is 13.0 Å². The van der Waals surface area contributed by atoms with Crippen LogP contribution in [0, 0.1) is 34.5 Å². The summed E-state index contributed by atoms with van der Waals surface area (Å²) in [5.41, 5.74) is -0.517. The minimum Gasteiger partial charge on any atom is -0.462 e. The standard InChI is InChI=1S/C24H34O5/c1-13(25)21-19(29-14(2)26)11-18-16-12-24(5,28)20-10-15(27)6-8-22(20,3)17(16)7-9-23(18,21)4/h10,16-19,21,28H,6-9,11-12H2,1-5H3/t16-,17+,18+,19-,21+,22-,23+,24+/m1/s1. The predicted octanol–water partition coefficient (Wildman–Crippen LogP) is 3.63. The summed E-state index contributed by atoms with van der Waals surface area (Å²) in [5, 5.41) is 11.4. The summed E-state index contributed by atoms with van der Waals surface area (Å²) in [6.45, 7) is 9.29. The Balaban J connectivity index is 1.75. The molecule has 5 nitrogen and oxygen atoms in total. The van der Waals surface area contributed by atoms with Gasteiger partial charge in [-0.3, -0.25) is 14.4 Å². The van der Waals surface area contributed by atoms with E-state index in [4.69, 9.17) is 4.74 Å². The quantitative estimate of drug-likeness (QED) is 0.714. The summed E-state index contributed by atoms with van der Waals surface area (Å²) < 4.78 is 5.64. The van der Waals surface area contributed by atoms with Gasteiger partial charge in [-0.05, 0) is 86.2 Å². The largest absolute Gasteiger partial charge is 0.462 e. The lowest BCUT2D eigenvalue weighted by Crippen LogP contribution is -2.57. The first kappa shape index (κ1) is 20.8. The first-order chi connectivity index (χ1) is 13.4. The molecule has 0 spiro atoms. The van der Waals surface area contributed by atoms with E-state index in [0.717, 1.165) is 24.8 Å². The van der Waals surface area contributed by atoms with Crippen LogP contribution in [0.15, 0.2) is 11.6 Å². The van der Waals surface area contributed by atoms with Crippen LogP contribution in [0.1, 0.15) is 73.1 Å². The molecule has 160 valence electrons. The lowest BCUT2D eigenvalue weighted by atomic mass is 9.44. The van der Waals surface area contributed by atoms with Crippen LogP contribution in [-0.2, 0) is 19.1 Å². The molecular formula is C24H34O5. The first-order valence-corrected chi connectivity index (χ1v) is 11.1. The summed E-state index contributed by atoms with van der Waals surface area (Å²) in [6, 6.07) is 0. The van der Waals surface area contributed by atoms with Crippen LogP contribution in [0.3, 0.4) is 0 Å². The van der Waals surface area contributed by atoms with E-state index in [0.29, 0.717) is 25.2 Å². The van der Waals surface area contributed by atoms with Crippen molar-refractivity contribution >= 4 is 17.5 Å². The van der Waals surface area contributed by atoms with Gasteiger partial charge in [-0.15, -0.1) is 0 Å². The van der Waals surface area contributed by atoms with Crippen molar-refractivity contribution in [2.45, 2.75) is 84.8 Å². The van der Waals surface area contributed by atoms with E-state index >= 15 is 0 Å². The Bertz CT molecular complexity index is 795. The molecule has 0 heterocycles. The highest BCUT2D eigenvalue weighted by atomic mass is 16.5. The molecule has 5 heteroatoms. The fraction of sp³-hybridized carbons (Fsp3) is 0.792. The maximum atomic E-state index is 12.6. The summed E-state index contributed by atoms with van der Waals surface area (Å²) in [4.78, 5) is 36.5. The van der Waals surface area contributed by atoms with Gasteiger partial charge in [0.15, 0.2) is 5.78 Å². The number of esters is 1. The van der Waals surface area contributed by atoms with Gasteiger partial charge in [0.2, 0.25) is 0 Å². The molecule has 29 heavy (non-hydrogen) atoms. The highest BCUT2D eigenvalue weighted by Crippen LogP contribution is 2.68. The van der Waals surface area contributed by atoms with Crippen LogP contribution in [0.25, 0.3) is 0 Å². The fourth-order valence-electron chi connectivity index (χ4n) is 8.05. The van der Waals surface area contributed by atoms with E-state index in [-0.39, 0.29) is 52.2 Å². The van der Waals surface area contributed by atoms with E-state index in [2.05, 4.69) is 13.8 Å². The molecule has 0 aromatic carbocycles. The number of ketones is 2. The molecule has 3 saturated carbocycles. The van der Waals surface area contributed by atoms with Crippen LogP contribution in [0.5, 0.6) is 0 Å². The van der Waals surface area contributed by atoms with Gasteiger partial charge in [-0.1, -0.05) is 13.8 Å². The molecule has 0 radical (unpaired) electrons. The molecule has 1 N–H and O–H groups in total. The zero-order valence-corrected chi connectivity index (χ0v) is 18.3. The maximum Gasteiger partial charge on any atom is 0.302 e. The minimum absolute atomic E-state index is 0.0947. The average Bonchev–Trinajstić information content (AvgIpc) is 2.88. The minimum atomic E-state index is -1.02. The van der Waals surface area contributed by atoms with Crippen molar-refractivity contribution in [2.75, 3.05) is 0 Å². The third-order valence-corrected chi connectivity index (χ3v) is 9.04. The van der Waals surface area contributed by atoms with Crippen LogP contribution < -0.4 is 0 Å². The molecule has 4 aliphatic rings. The fourth-order valence-corrected chi connectivity index (χ4v) is 8.05. The molecule has 0 aliphatic heterocycles. The molecule has 0 aromatic rings. The molecule has 0 saturated heterocycles. The molecular weight excluding hydrogens is 368 g/mol. The van der Waals surface area contributed by atoms with Gasteiger partial charge in [-0.2, -0.15) is 0 Å². The number of hydrogen-bond acceptors (Lipinski definition) is 5. The van der Waals surface area contributed by atoms with Crippen molar-refractivity contribution in [1.82, 2.24) is 0 Å². The molecule has 0 amide bonds. The Labute approximate surface area is 173 Å². The third kappa shape index (κ3) is 2.95. The smallest absolute Gasteiger partial charge is 0.302 e. The number of carbonyl (C=O) groups is 3. The number of ether oxygens (including phenoxy) is 1. The summed E-state index contributed by atoms with van der Waals surface area (Å²) in [5.74, 6) is 0.451. The molecule has 3 fully saturated rings. The number of fused-ring (bicyclic) bond motifs is 5. The van der Waals surface area contributed by atoms with Gasteiger partial charge in [0.1, 0.15) is 11.9 Å². The summed E-state index contributed by atoms with van der Waals surface area (Å²) >= 11 is 0. The van der Waals surface area contributed by atoms with Crippen molar-refractivity contribution in [3.8, 4) is 0 Å². The highest BCUT2D eigenvalue weighted by molar-refractivity contribution is 5.92. The van der Waals surface area contributed by atoms with E-state index in [1.807, 2.05) is 6.92 Å². The molecule has 0 bridgehead atoms. The van der Waals surface area contributed by atoms with E-state index in [9.17, 15) is 19.5 Å². The Morgan fingerprint density at radius 3 is 2.45 bits per heavy atom. The lowest BCUT2D eigenvalue weighted by Gasteiger charge is -2.61. The Morgan fingerprint density at radius 2 is 1.83 bits per heavy atom. The zero-order valence-electron chi connectivity index (χ0n) is 18.3. The van der Waals surface area contributed by atoms with Crippen molar-refractivity contribution in [1.29, 1.82) is 0 Å². The second kappa shape index (κ2) is 6.50. The topological polar surface area (TPSA) is 80.7 Å². The van der Waals surface area contributed by atoms with Gasteiger partial charge < -0.3 is 9.84 Å². The number of hydrogen-bond donors (Lipinski definition) is 1. The van der Waals surface area contributed by atoms with Gasteiger partial charge in [0.25, 0.3) is 0 Å². The van der Waals surface area contributed by atoms with Crippen LogP contribution >= 0.6 is 0 Å². The van der Waals surface area contributed by atoms with Crippen molar-refractivity contribution in [3.05, 3.63) is 11.6 Å². The van der Waals surface area contributed by atoms with Gasteiger partial charge >= 0.3 is 5.97 Å². The van der Waals surface area contributed by atoms with Crippen molar-refractivity contribution in [2.24, 2.45) is 34.5 Å². The third-order valence-electron chi connectivity index (χ3n) is 9.04. The van der Waals surface area contributed by atoms with E-state index < -0.39 is 5.60 Å². The monoisotopic (exact) mass is 402 g/mol. The molecule has 4 rings (SSSR count). The highest BCUT2D eigenvalue weighted by Gasteiger charge is 2.65.